The minimum absolute atomic E-state index is 0.0327. The second-order valence-electron chi connectivity index (χ2n) is 10.0. The standard InChI is InChI=1S/C23H28F3N7O/c1-12-13(2)29-21-20(28-12)19(14-7-16(8-14)23(24,25)26)30-22(31-21)32-5-6-34-18(11-32)15-9-27-33(10-15)17-3-4-17/h9,14-18H,3-8,10-11H2,1-2H3/t14-,15?,16+,18-/m0/s1. The van der Waals surface area contributed by atoms with Crippen molar-refractivity contribution in [1.82, 2.24) is 24.9 Å². The van der Waals surface area contributed by atoms with Gasteiger partial charge in [0.15, 0.2) is 5.65 Å². The molecule has 0 spiro atoms. The monoisotopic (exact) mass is 475 g/mol. The Bertz CT molecular complexity index is 1130. The van der Waals surface area contributed by atoms with Crippen molar-refractivity contribution in [2.45, 2.75) is 63.8 Å². The fourth-order valence-corrected chi connectivity index (χ4v) is 5.08. The van der Waals surface area contributed by atoms with E-state index in [0.29, 0.717) is 48.5 Å². The number of alkyl halides is 3. The molecule has 1 unspecified atom stereocenters. The molecule has 1 saturated heterocycles. The highest BCUT2D eigenvalue weighted by Crippen LogP contribution is 2.50. The van der Waals surface area contributed by atoms with Crippen molar-refractivity contribution in [3.05, 3.63) is 17.1 Å². The fraction of sp³-hybridized carbons (Fsp3) is 0.696. The molecule has 4 aliphatic rings. The summed E-state index contributed by atoms with van der Waals surface area (Å²) in [5, 5.41) is 6.72. The molecule has 8 nitrogen and oxygen atoms in total. The zero-order valence-electron chi connectivity index (χ0n) is 19.3. The van der Waals surface area contributed by atoms with E-state index in [1.165, 1.54) is 12.8 Å². The van der Waals surface area contributed by atoms with Gasteiger partial charge in [0.2, 0.25) is 5.95 Å². The van der Waals surface area contributed by atoms with E-state index in [0.717, 1.165) is 17.9 Å². The zero-order chi connectivity index (χ0) is 23.6. The molecule has 0 amide bonds. The van der Waals surface area contributed by atoms with E-state index in [-0.39, 0.29) is 30.8 Å². The number of anilines is 1. The van der Waals surface area contributed by atoms with Crippen LogP contribution in [0.25, 0.3) is 11.2 Å². The Hall–Kier alpha value is -2.56. The van der Waals surface area contributed by atoms with Crippen LogP contribution in [0, 0.1) is 25.7 Å². The van der Waals surface area contributed by atoms with E-state index in [1.54, 1.807) is 0 Å². The van der Waals surface area contributed by atoms with Crippen LogP contribution < -0.4 is 4.90 Å². The molecule has 34 heavy (non-hydrogen) atoms. The number of hydrazone groups is 1. The van der Waals surface area contributed by atoms with E-state index in [2.05, 4.69) is 25.0 Å². The lowest BCUT2D eigenvalue weighted by Crippen LogP contribution is -2.48. The molecule has 3 fully saturated rings. The van der Waals surface area contributed by atoms with Crippen LogP contribution in [-0.2, 0) is 4.74 Å². The van der Waals surface area contributed by atoms with Gasteiger partial charge < -0.3 is 9.64 Å². The molecule has 6 rings (SSSR count). The first kappa shape index (κ1) is 21.9. The summed E-state index contributed by atoms with van der Waals surface area (Å²) in [5.41, 5.74) is 3.05. The zero-order valence-corrected chi connectivity index (χ0v) is 19.3. The van der Waals surface area contributed by atoms with Gasteiger partial charge >= 0.3 is 6.18 Å². The summed E-state index contributed by atoms with van der Waals surface area (Å²) in [6, 6.07) is 0.570. The summed E-state index contributed by atoms with van der Waals surface area (Å²) < 4.78 is 45.6. The second kappa shape index (κ2) is 8.00. The lowest BCUT2D eigenvalue weighted by molar-refractivity contribution is -0.197. The molecule has 2 aliphatic carbocycles. The van der Waals surface area contributed by atoms with Crippen molar-refractivity contribution < 1.29 is 17.9 Å². The number of aryl methyl sites for hydroxylation is 2. The highest BCUT2D eigenvalue weighted by atomic mass is 19.4. The summed E-state index contributed by atoms with van der Waals surface area (Å²) in [7, 11) is 0. The van der Waals surface area contributed by atoms with E-state index in [4.69, 9.17) is 14.7 Å². The molecule has 2 aromatic rings. The molecule has 0 bridgehead atoms. The SMILES string of the molecule is Cc1nc2nc(N3CCO[C@H](C4C=NN(C5CC5)C4)C3)nc([C@H]3C[C@@H](C(F)(F)F)C3)c2nc1C. The predicted octanol–water partition coefficient (Wildman–Crippen LogP) is 3.38. The number of morpholine rings is 1. The summed E-state index contributed by atoms with van der Waals surface area (Å²) in [6.45, 7) is 6.33. The third-order valence-corrected chi connectivity index (χ3v) is 7.57. The van der Waals surface area contributed by atoms with E-state index in [9.17, 15) is 13.2 Å². The first-order valence-electron chi connectivity index (χ1n) is 12.0. The van der Waals surface area contributed by atoms with Crippen LogP contribution in [0.1, 0.15) is 48.7 Å². The average molecular weight is 476 g/mol. The van der Waals surface area contributed by atoms with Crippen molar-refractivity contribution in [2.75, 3.05) is 31.1 Å². The Morgan fingerprint density at radius 2 is 1.76 bits per heavy atom. The normalized spacial score (nSPS) is 29.7. The Balaban J connectivity index is 1.28. The Labute approximate surface area is 195 Å². The van der Waals surface area contributed by atoms with Crippen LogP contribution in [0.2, 0.25) is 0 Å². The maximum Gasteiger partial charge on any atom is 0.391 e. The van der Waals surface area contributed by atoms with Crippen molar-refractivity contribution in [1.29, 1.82) is 0 Å². The second-order valence-corrected chi connectivity index (χ2v) is 10.0. The summed E-state index contributed by atoms with van der Waals surface area (Å²) in [4.78, 5) is 20.8. The minimum Gasteiger partial charge on any atom is -0.374 e. The molecule has 4 heterocycles. The van der Waals surface area contributed by atoms with Gasteiger partial charge in [-0.3, -0.25) is 5.01 Å². The number of aromatic nitrogens is 4. The van der Waals surface area contributed by atoms with Crippen LogP contribution in [0.5, 0.6) is 0 Å². The maximum atomic E-state index is 13.2. The molecular weight excluding hydrogens is 447 g/mol. The highest BCUT2D eigenvalue weighted by molar-refractivity contribution is 5.75. The van der Waals surface area contributed by atoms with Crippen LogP contribution in [0.4, 0.5) is 19.1 Å². The van der Waals surface area contributed by atoms with Crippen molar-refractivity contribution >= 4 is 23.3 Å². The number of ether oxygens (including phenoxy) is 1. The molecule has 0 aromatic carbocycles. The van der Waals surface area contributed by atoms with Crippen LogP contribution in [0.15, 0.2) is 5.10 Å². The molecule has 0 N–H and O–H groups in total. The Kier molecular flexibility index (Phi) is 5.16. The first-order valence-corrected chi connectivity index (χ1v) is 12.0. The first-order chi connectivity index (χ1) is 16.3. The number of halogens is 3. The van der Waals surface area contributed by atoms with Crippen LogP contribution in [0.3, 0.4) is 0 Å². The van der Waals surface area contributed by atoms with Gasteiger partial charge in [0, 0.05) is 43.7 Å². The number of hydrogen-bond acceptors (Lipinski definition) is 8. The van der Waals surface area contributed by atoms with Crippen molar-refractivity contribution in [3.63, 3.8) is 0 Å². The molecule has 2 saturated carbocycles. The highest BCUT2D eigenvalue weighted by Gasteiger charge is 2.49. The predicted molar refractivity (Wildman–Crippen MR) is 120 cm³/mol. The van der Waals surface area contributed by atoms with Gasteiger partial charge in [-0.2, -0.15) is 23.3 Å². The Morgan fingerprint density at radius 3 is 2.50 bits per heavy atom. The van der Waals surface area contributed by atoms with Gasteiger partial charge in [-0.15, -0.1) is 0 Å². The number of fused-ring (bicyclic) bond motifs is 1. The quantitative estimate of drug-likeness (QED) is 0.671. The molecule has 182 valence electrons. The smallest absolute Gasteiger partial charge is 0.374 e. The topological polar surface area (TPSA) is 79.6 Å². The van der Waals surface area contributed by atoms with Gasteiger partial charge in [0.05, 0.1) is 35.7 Å². The molecule has 11 heteroatoms. The van der Waals surface area contributed by atoms with Gasteiger partial charge in [0.25, 0.3) is 0 Å². The lowest BCUT2D eigenvalue weighted by atomic mass is 9.72. The molecule has 2 aromatic heterocycles. The van der Waals surface area contributed by atoms with Gasteiger partial charge in [-0.1, -0.05) is 0 Å². The third kappa shape index (κ3) is 3.97. The van der Waals surface area contributed by atoms with Crippen LogP contribution in [-0.4, -0.2) is 75.7 Å². The van der Waals surface area contributed by atoms with E-state index < -0.39 is 12.1 Å². The number of rotatable bonds is 4. The lowest BCUT2D eigenvalue weighted by Gasteiger charge is -2.38. The largest absolute Gasteiger partial charge is 0.391 e. The van der Waals surface area contributed by atoms with E-state index >= 15 is 0 Å². The van der Waals surface area contributed by atoms with Gasteiger partial charge in [-0.05, 0) is 39.5 Å². The maximum absolute atomic E-state index is 13.2. The summed E-state index contributed by atoms with van der Waals surface area (Å²) in [6.07, 6.45) is 0.248. The van der Waals surface area contributed by atoms with Crippen LogP contribution >= 0.6 is 0 Å². The van der Waals surface area contributed by atoms with Gasteiger partial charge in [0.1, 0.15) is 5.52 Å². The molecule has 0 radical (unpaired) electrons. The Morgan fingerprint density at radius 1 is 1.00 bits per heavy atom. The average Bonchev–Trinajstić information content (AvgIpc) is 3.49. The number of hydrogen-bond donors (Lipinski definition) is 0. The summed E-state index contributed by atoms with van der Waals surface area (Å²) >= 11 is 0. The van der Waals surface area contributed by atoms with Crippen molar-refractivity contribution in [3.8, 4) is 0 Å². The third-order valence-electron chi connectivity index (χ3n) is 7.57. The van der Waals surface area contributed by atoms with E-state index in [1.807, 2.05) is 20.1 Å². The minimum atomic E-state index is -4.17. The fourth-order valence-electron chi connectivity index (χ4n) is 5.08. The molecular formula is C23H28F3N7O. The summed E-state index contributed by atoms with van der Waals surface area (Å²) in [5.74, 6) is -0.877. The van der Waals surface area contributed by atoms with Crippen molar-refractivity contribution in [2.24, 2.45) is 16.9 Å². The van der Waals surface area contributed by atoms with Gasteiger partial charge in [-0.25, -0.2) is 15.0 Å². The molecule has 2 atom stereocenters. The molecule has 2 aliphatic heterocycles. The number of nitrogens with zero attached hydrogens (tertiary/aromatic N) is 7.